The number of nitrogens with zero attached hydrogens (tertiary/aromatic N) is 1. The highest BCUT2D eigenvalue weighted by Crippen LogP contribution is 2.24. The van der Waals surface area contributed by atoms with Gasteiger partial charge >= 0.3 is 5.97 Å². The van der Waals surface area contributed by atoms with Crippen LogP contribution in [0.5, 0.6) is 0 Å². The summed E-state index contributed by atoms with van der Waals surface area (Å²) in [5.74, 6) is -0.762. The van der Waals surface area contributed by atoms with Crippen LogP contribution < -0.4 is 10.6 Å². The van der Waals surface area contributed by atoms with Crippen molar-refractivity contribution in [2.24, 2.45) is 0 Å². The van der Waals surface area contributed by atoms with E-state index < -0.39 is 17.9 Å². The van der Waals surface area contributed by atoms with E-state index in [9.17, 15) is 14.7 Å². The van der Waals surface area contributed by atoms with Gasteiger partial charge in [0.2, 0.25) is 0 Å². The smallest absolute Gasteiger partial charge is 0.326 e. The van der Waals surface area contributed by atoms with Gasteiger partial charge in [-0.25, -0.2) is 9.78 Å². The lowest BCUT2D eigenvalue weighted by Crippen LogP contribution is -2.41. The Labute approximate surface area is 197 Å². The lowest BCUT2D eigenvalue weighted by molar-refractivity contribution is -0.139. The Kier molecular flexibility index (Phi) is 9.14. The van der Waals surface area contributed by atoms with Crippen molar-refractivity contribution in [2.75, 3.05) is 25.1 Å². The van der Waals surface area contributed by atoms with Gasteiger partial charge in [0.15, 0.2) is 0 Å². The van der Waals surface area contributed by atoms with Crippen LogP contribution in [-0.2, 0) is 22.4 Å². The van der Waals surface area contributed by atoms with Gasteiger partial charge in [0.25, 0.3) is 5.91 Å². The quantitative estimate of drug-likeness (QED) is 0.414. The molecule has 9 heteroatoms. The molecule has 0 spiro atoms. The highest BCUT2D eigenvalue weighted by molar-refractivity contribution is 6.39. The molecule has 1 atom stereocenters. The fourth-order valence-corrected chi connectivity index (χ4v) is 4.09. The molecule has 32 heavy (non-hydrogen) atoms. The predicted molar refractivity (Wildman–Crippen MR) is 125 cm³/mol. The summed E-state index contributed by atoms with van der Waals surface area (Å²) in [5, 5.41) is 15.5. The van der Waals surface area contributed by atoms with Crippen molar-refractivity contribution in [1.29, 1.82) is 0 Å². The Morgan fingerprint density at radius 1 is 1.16 bits per heavy atom. The zero-order valence-corrected chi connectivity index (χ0v) is 19.2. The summed E-state index contributed by atoms with van der Waals surface area (Å²) in [5.41, 5.74) is 2.40. The van der Waals surface area contributed by atoms with E-state index >= 15 is 0 Å². The number of aromatic nitrogens is 1. The van der Waals surface area contributed by atoms with Gasteiger partial charge in [0.05, 0.1) is 15.6 Å². The number of carbonyl (C=O) groups excluding carboxylic acids is 1. The molecule has 0 saturated carbocycles. The average Bonchev–Trinajstić information content (AvgIpc) is 2.77. The average molecular weight is 480 g/mol. The molecule has 1 amide bonds. The number of anilines is 1. The molecule has 0 aliphatic carbocycles. The van der Waals surface area contributed by atoms with Crippen LogP contribution in [-0.4, -0.2) is 47.8 Å². The molecule has 0 radical (unpaired) electrons. The minimum absolute atomic E-state index is 0.0639. The van der Waals surface area contributed by atoms with Gasteiger partial charge in [-0.1, -0.05) is 35.3 Å². The van der Waals surface area contributed by atoms with Gasteiger partial charge in [-0.2, -0.15) is 0 Å². The van der Waals surface area contributed by atoms with Crippen LogP contribution in [0.25, 0.3) is 0 Å². The number of halogens is 2. The number of hydrogen-bond donors (Lipinski definition) is 3. The van der Waals surface area contributed by atoms with Crippen LogP contribution in [0.4, 0.5) is 5.82 Å². The third-order valence-corrected chi connectivity index (χ3v) is 5.90. The number of nitrogens with one attached hydrogen (secondary N) is 2. The maximum absolute atomic E-state index is 12.4. The molecule has 0 unspecified atom stereocenters. The van der Waals surface area contributed by atoms with Crippen molar-refractivity contribution in [3.8, 4) is 0 Å². The number of aryl methyl sites for hydroxylation is 2. The Bertz CT molecular complexity index is 935. The summed E-state index contributed by atoms with van der Waals surface area (Å²) in [7, 11) is 0. The molecule has 2 heterocycles. The standard InChI is InChI=1S/C23H27Cl2N3O4/c24-17-7-3-8-18(25)20(17)22(29)28-19(23(30)31)11-14-32-13-2-1-6-16-10-9-15-5-4-12-26-21(15)27-16/h3,7-10,19H,1-2,4-6,11-14H2,(H,26,27)(H,28,29)(H,30,31)/t19-/m0/s1. The summed E-state index contributed by atoms with van der Waals surface area (Å²) in [6, 6.07) is 7.80. The van der Waals surface area contributed by atoms with Gasteiger partial charge < -0.3 is 20.5 Å². The first-order valence-electron chi connectivity index (χ1n) is 10.7. The molecule has 1 aliphatic rings. The monoisotopic (exact) mass is 479 g/mol. The number of unbranched alkanes of at least 4 members (excludes halogenated alkanes) is 1. The molecule has 0 fully saturated rings. The number of benzene rings is 1. The molecule has 1 aromatic carbocycles. The normalized spacial score (nSPS) is 13.7. The molecule has 0 bridgehead atoms. The second kappa shape index (κ2) is 12.0. The number of carbonyl (C=O) groups is 2. The Morgan fingerprint density at radius 2 is 1.94 bits per heavy atom. The number of carboxylic acids is 1. The van der Waals surface area contributed by atoms with Crippen molar-refractivity contribution in [3.05, 3.63) is 57.2 Å². The van der Waals surface area contributed by atoms with E-state index in [2.05, 4.69) is 27.8 Å². The topological polar surface area (TPSA) is 101 Å². The maximum atomic E-state index is 12.4. The number of fused-ring (bicyclic) bond motifs is 1. The van der Waals surface area contributed by atoms with E-state index in [-0.39, 0.29) is 28.6 Å². The molecule has 3 N–H and O–H groups in total. The first kappa shape index (κ1) is 24.3. The van der Waals surface area contributed by atoms with E-state index in [4.69, 9.17) is 27.9 Å². The third-order valence-electron chi connectivity index (χ3n) is 5.27. The van der Waals surface area contributed by atoms with E-state index in [1.807, 2.05) is 0 Å². The van der Waals surface area contributed by atoms with Crippen LogP contribution in [0.1, 0.15) is 47.3 Å². The third kappa shape index (κ3) is 6.82. The summed E-state index contributed by atoms with van der Waals surface area (Å²) in [4.78, 5) is 28.6. The first-order chi connectivity index (χ1) is 15.5. The molecule has 7 nitrogen and oxygen atoms in total. The SMILES string of the molecule is O=C(N[C@@H](CCOCCCCc1ccc2c(n1)NCCC2)C(=O)O)c1c(Cl)cccc1Cl. The van der Waals surface area contributed by atoms with Crippen LogP contribution in [0, 0.1) is 0 Å². The van der Waals surface area contributed by atoms with Crippen molar-refractivity contribution in [2.45, 2.75) is 44.6 Å². The number of rotatable bonds is 11. The fraction of sp³-hybridized carbons (Fsp3) is 0.435. The summed E-state index contributed by atoms with van der Waals surface area (Å²) < 4.78 is 5.58. The summed E-state index contributed by atoms with van der Waals surface area (Å²) in [6.07, 6.45) is 4.99. The van der Waals surface area contributed by atoms with E-state index in [0.717, 1.165) is 50.2 Å². The predicted octanol–water partition coefficient (Wildman–Crippen LogP) is 4.36. The molecular weight excluding hydrogens is 453 g/mol. The van der Waals surface area contributed by atoms with E-state index in [0.29, 0.717) is 6.61 Å². The number of carboxylic acid groups (broad SMARTS) is 1. The van der Waals surface area contributed by atoms with Crippen molar-refractivity contribution in [1.82, 2.24) is 10.3 Å². The number of pyridine rings is 1. The molecular formula is C23H27Cl2N3O4. The lowest BCUT2D eigenvalue weighted by Gasteiger charge is -2.17. The second-order valence-corrected chi connectivity index (χ2v) is 8.47. The highest BCUT2D eigenvalue weighted by atomic mass is 35.5. The van der Waals surface area contributed by atoms with Crippen LogP contribution in [0.2, 0.25) is 10.0 Å². The van der Waals surface area contributed by atoms with Gasteiger partial charge in [0, 0.05) is 31.9 Å². The Morgan fingerprint density at radius 3 is 2.69 bits per heavy atom. The number of hydrogen-bond acceptors (Lipinski definition) is 5. The largest absolute Gasteiger partial charge is 0.480 e. The van der Waals surface area contributed by atoms with Gasteiger partial charge in [-0.15, -0.1) is 0 Å². The Hall–Kier alpha value is -2.35. The van der Waals surface area contributed by atoms with Crippen LogP contribution in [0.3, 0.4) is 0 Å². The molecule has 1 aliphatic heterocycles. The zero-order chi connectivity index (χ0) is 22.9. The maximum Gasteiger partial charge on any atom is 0.326 e. The van der Waals surface area contributed by atoms with Gasteiger partial charge in [0.1, 0.15) is 11.9 Å². The molecule has 1 aromatic heterocycles. The van der Waals surface area contributed by atoms with E-state index in [1.165, 1.54) is 17.7 Å². The summed E-state index contributed by atoms with van der Waals surface area (Å²) in [6.45, 7) is 1.70. The number of ether oxygens (including phenoxy) is 1. The minimum atomic E-state index is -1.14. The zero-order valence-electron chi connectivity index (χ0n) is 17.7. The minimum Gasteiger partial charge on any atom is -0.480 e. The van der Waals surface area contributed by atoms with Crippen molar-refractivity contribution in [3.63, 3.8) is 0 Å². The Balaban J connectivity index is 1.36. The van der Waals surface area contributed by atoms with Gasteiger partial charge in [-0.05, 0) is 55.9 Å². The molecule has 172 valence electrons. The van der Waals surface area contributed by atoms with Crippen LogP contribution >= 0.6 is 23.2 Å². The fourth-order valence-electron chi connectivity index (χ4n) is 3.52. The highest BCUT2D eigenvalue weighted by Gasteiger charge is 2.23. The number of amides is 1. The lowest BCUT2D eigenvalue weighted by atomic mass is 10.1. The molecule has 0 saturated heterocycles. The van der Waals surface area contributed by atoms with Crippen LogP contribution in [0.15, 0.2) is 30.3 Å². The first-order valence-corrected chi connectivity index (χ1v) is 11.5. The number of aliphatic carboxylic acids is 1. The summed E-state index contributed by atoms with van der Waals surface area (Å²) >= 11 is 12.0. The molecule has 3 rings (SSSR count). The van der Waals surface area contributed by atoms with Crippen molar-refractivity contribution < 1.29 is 19.4 Å². The van der Waals surface area contributed by atoms with Gasteiger partial charge in [-0.3, -0.25) is 4.79 Å². The van der Waals surface area contributed by atoms with Crippen molar-refractivity contribution >= 4 is 40.9 Å². The molecule has 2 aromatic rings. The van der Waals surface area contributed by atoms with E-state index in [1.54, 1.807) is 6.07 Å². The second-order valence-electron chi connectivity index (χ2n) is 7.66.